The molecule has 1 N–H and O–H groups in total. The van der Waals surface area contributed by atoms with Gasteiger partial charge in [0.25, 0.3) is 0 Å². The number of imidazole rings is 1. The second-order valence-electron chi connectivity index (χ2n) is 8.20. The van der Waals surface area contributed by atoms with Crippen LogP contribution in [0.4, 0.5) is 5.69 Å². The van der Waals surface area contributed by atoms with Gasteiger partial charge in [0.15, 0.2) is 11.5 Å². The predicted octanol–water partition coefficient (Wildman–Crippen LogP) is 2.47. The molecule has 1 fully saturated rings. The summed E-state index contributed by atoms with van der Waals surface area (Å²) < 4.78 is 40.8. The Morgan fingerprint density at radius 2 is 1.85 bits per heavy atom. The highest BCUT2D eigenvalue weighted by Crippen LogP contribution is 2.34. The summed E-state index contributed by atoms with van der Waals surface area (Å²) in [5.74, 6) is 1.29. The minimum Gasteiger partial charge on any atom is -0.490 e. The summed E-state index contributed by atoms with van der Waals surface area (Å²) in [7, 11) is -3.69. The maximum atomic E-state index is 13.2. The molecule has 0 unspecified atom stereocenters. The van der Waals surface area contributed by atoms with Crippen LogP contribution in [0.1, 0.15) is 19.3 Å². The molecule has 0 spiro atoms. The Labute approximate surface area is 197 Å². The molecule has 0 radical (unpaired) electrons. The number of aromatic nitrogens is 3. The second kappa shape index (κ2) is 9.43. The fourth-order valence-corrected chi connectivity index (χ4v) is 5.55. The number of hydrogen-bond donors (Lipinski definition) is 1. The van der Waals surface area contributed by atoms with Crippen LogP contribution < -0.4 is 14.8 Å². The molecule has 2 aromatic heterocycles. The number of anilines is 1. The molecular formula is C23H25N5O5S. The summed E-state index contributed by atoms with van der Waals surface area (Å²) in [4.78, 5) is 21.2. The third-order valence-electron chi connectivity index (χ3n) is 5.97. The van der Waals surface area contributed by atoms with Gasteiger partial charge in [0.2, 0.25) is 15.9 Å². The molecule has 178 valence electrons. The quantitative estimate of drug-likeness (QED) is 0.593. The van der Waals surface area contributed by atoms with Gasteiger partial charge in [-0.25, -0.2) is 18.4 Å². The van der Waals surface area contributed by atoms with Gasteiger partial charge in [-0.2, -0.15) is 4.31 Å². The molecule has 1 amide bonds. The first-order valence-corrected chi connectivity index (χ1v) is 12.6. The Morgan fingerprint density at radius 3 is 2.56 bits per heavy atom. The number of pyridine rings is 1. The standard InChI is InChI=1S/C23H25N5O5S/c29-23(26-18-2-5-22(25-15-18)27-11-8-24-16-27)17-6-9-28(10-7-17)34(30,31)19-3-4-20-21(14-19)33-13-1-12-32-20/h2-5,8,11,14-17H,1,6-7,9-10,12-13H2,(H,26,29). The molecule has 34 heavy (non-hydrogen) atoms. The van der Waals surface area contributed by atoms with Gasteiger partial charge in [0.1, 0.15) is 12.1 Å². The summed E-state index contributed by atoms with van der Waals surface area (Å²) in [5, 5.41) is 2.88. The third-order valence-corrected chi connectivity index (χ3v) is 7.86. The molecule has 10 nitrogen and oxygen atoms in total. The van der Waals surface area contributed by atoms with Gasteiger partial charge in [-0.15, -0.1) is 0 Å². The van der Waals surface area contributed by atoms with Crippen LogP contribution in [0.15, 0.2) is 60.1 Å². The van der Waals surface area contributed by atoms with Gasteiger partial charge in [0.05, 0.1) is 30.0 Å². The number of carbonyl (C=O) groups is 1. The normalized spacial score (nSPS) is 17.2. The Balaban J connectivity index is 1.19. The molecule has 0 bridgehead atoms. The summed E-state index contributed by atoms with van der Waals surface area (Å²) >= 11 is 0. The van der Waals surface area contributed by atoms with Crippen molar-refractivity contribution >= 4 is 21.6 Å². The molecule has 2 aliphatic heterocycles. The summed E-state index contributed by atoms with van der Waals surface area (Å²) in [6.07, 6.45) is 8.32. The van der Waals surface area contributed by atoms with Crippen molar-refractivity contribution in [3.63, 3.8) is 0 Å². The summed E-state index contributed by atoms with van der Waals surface area (Å²) in [6, 6.07) is 8.28. The summed E-state index contributed by atoms with van der Waals surface area (Å²) in [5.41, 5.74) is 0.594. The molecule has 0 saturated carbocycles. The lowest BCUT2D eigenvalue weighted by Crippen LogP contribution is -2.41. The zero-order valence-corrected chi connectivity index (χ0v) is 19.3. The third kappa shape index (κ3) is 4.62. The van der Waals surface area contributed by atoms with Gasteiger partial charge in [-0.3, -0.25) is 9.36 Å². The van der Waals surface area contributed by atoms with Crippen molar-refractivity contribution in [2.45, 2.75) is 24.2 Å². The minimum atomic E-state index is -3.69. The minimum absolute atomic E-state index is 0.134. The molecule has 4 heterocycles. The first kappa shape index (κ1) is 22.4. The molecule has 2 aliphatic rings. The van der Waals surface area contributed by atoms with E-state index < -0.39 is 10.0 Å². The van der Waals surface area contributed by atoms with Crippen molar-refractivity contribution in [1.82, 2.24) is 18.8 Å². The van der Waals surface area contributed by atoms with E-state index in [2.05, 4.69) is 15.3 Å². The lowest BCUT2D eigenvalue weighted by Gasteiger charge is -2.30. The number of sulfonamides is 1. The number of ether oxygens (including phenoxy) is 2. The van der Waals surface area contributed by atoms with E-state index in [-0.39, 0.29) is 29.8 Å². The van der Waals surface area contributed by atoms with Crippen LogP contribution in [0.2, 0.25) is 0 Å². The van der Waals surface area contributed by atoms with Gasteiger partial charge in [-0.1, -0.05) is 0 Å². The van der Waals surface area contributed by atoms with Gasteiger partial charge < -0.3 is 14.8 Å². The Hall–Kier alpha value is -3.44. The van der Waals surface area contributed by atoms with Crippen molar-refractivity contribution in [2.24, 2.45) is 5.92 Å². The molecule has 0 atom stereocenters. The van der Waals surface area contributed by atoms with Crippen molar-refractivity contribution in [3.8, 4) is 17.3 Å². The molecular weight excluding hydrogens is 458 g/mol. The average molecular weight is 484 g/mol. The zero-order valence-electron chi connectivity index (χ0n) is 18.5. The zero-order chi connectivity index (χ0) is 23.5. The van der Waals surface area contributed by atoms with Gasteiger partial charge in [0, 0.05) is 43.9 Å². The number of carbonyl (C=O) groups excluding carboxylic acids is 1. The number of rotatable bonds is 5. The number of hydrogen-bond acceptors (Lipinski definition) is 7. The smallest absolute Gasteiger partial charge is 0.243 e. The topological polar surface area (TPSA) is 116 Å². The number of amides is 1. The second-order valence-corrected chi connectivity index (χ2v) is 10.1. The van der Waals surface area contributed by atoms with Crippen LogP contribution in [0.25, 0.3) is 5.82 Å². The van der Waals surface area contributed by atoms with E-state index in [0.717, 1.165) is 6.42 Å². The largest absolute Gasteiger partial charge is 0.490 e. The van der Waals surface area contributed by atoms with Gasteiger partial charge >= 0.3 is 0 Å². The van der Waals surface area contributed by atoms with Crippen LogP contribution in [0.3, 0.4) is 0 Å². The number of piperidine rings is 1. The van der Waals surface area contributed by atoms with E-state index in [9.17, 15) is 13.2 Å². The van der Waals surface area contributed by atoms with Crippen molar-refractivity contribution < 1.29 is 22.7 Å². The lowest BCUT2D eigenvalue weighted by atomic mass is 9.97. The van der Waals surface area contributed by atoms with Gasteiger partial charge in [-0.05, 0) is 37.1 Å². The monoisotopic (exact) mass is 483 g/mol. The van der Waals surface area contributed by atoms with E-state index >= 15 is 0 Å². The van der Waals surface area contributed by atoms with Crippen LogP contribution in [0, 0.1) is 5.92 Å². The molecule has 1 aromatic carbocycles. The molecule has 11 heteroatoms. The van der Waals surface area contributed by atoms with E-state index in [4.69, 9.17) is 9.47 Å². The summed E-state index contributed by atoms with van der Waals surface area (Å²) in [6.45, 7) is 1.57. The average Bonchev–Trinajstić information content (AvgIpc) is 3.29. The fourth-order valence-electron chi connectivity index (χ4n) is 4.06. The van der Waals surface area contributed by atoms with E-state index in [1.165, 1.54) is 10.4 Å². The van der Waals surface area contributed by atoms with Crippen LogP contribution in [0.5, 0.6) is 11.5 Å². The molecule has 0 aliphatic carbocycles. The highest BCUT2D eigenvalue weighted by molar-refractivity contribution is 7.89. The Kier molecular flexibility index (Phi) is 6.20. The predicted molar refractivity (Wildman–Crippen MR) is 124 cm³/mol. The van der Waals surface area contributed by atoms with E-state index in [1.807, 2.05) is 0 Å². The van der Waals surface area contributed by atoms with Crippen LogP contribution in [-0.4, -0.2) is 59.5 Å². The maximum absolute atomic E-state index is 13.2. The highest BCUT2D eigenvalue weighted by Gasteiger charge is 2.33. The maximum Gasteiger partial charge on any atom is 0.243 e. The van der Waals surface area contributed by atoms with Crippen molar-refractivity contribution in [1.29, 1.82) is 0 Å². The Bertz CT molecular complexity index is 1250. The van der Waals surface area contributed by atoms with Crippen molar-refractivity contribution in [2.75, 3.05) is 31.6 Å². The lowest BCUT2D eigenvalue weighted by molar-refractivity contribution is -0.120. The van der Waals surface area contributed by atoms with Crippen LogP contribution in [-0.2, 0) is 14.8 Å². The van der Waals surface area contributed by atoms with E-state index in [0.29, 0.717) is 49.1 Å². The Morgan fingerprint density at radius 1 is 1.06 bits per heavy atom. The van der Waals surface area contributed by atoms with Crippen molar-refractivity contribution in [3.05, 3.63) is 55.2 Å². The van der Waals surface area contributed by atoms with Crippen LogP contribution >= 0.6 is 0 Å². The molecule has 5 rings (SSSR count). The van der Waals surface area contributed by atoms with E-state index in [1.54, 1.807) is 53.8 Å². The first-order chi connectivity index (χ1) is 16.5. The SMILES string of the molecule is O=C(Nc1ccc(-n2ccnc2)nc1)C1CCN(S(=O)(=O)c2ccc3c(c2)OCCCO3)CC1. The number of fused-ring (bicyclic) bond motifs is 1. The number of nitrogens with zero attached hydrogens (tertiary/aromatic N) is 4. The fraction of sp³-hybridized carbons (Fsp3) is 0.348. The molecule has 1 saturated heterocycles. The highest BCUT2D eigenvalue weighted by atomic mass is 32.2. The molecule has 3 aromatic rings. The number of benzene rings is 1. The number of nitrogens with one attached hydrogen (secondary N) is 1. The first-order valence-electron chi connectivity index (χ1n) is 11.2.